The summed E-state index contributed by atoms with van der Waals surface area (Å²) in [6, 6.07) is 20.9. The fourth-order valence-corrected chi connectivity index (χ4v) is 8.65. The number of benzene rings is 3. The van der Waals surface area contributed by atoms with Gasteiger partial charge in [0.1, 0.15) is 24.1 Å². The van der Waals surface area contributed by atoms with E-state index in [0.717, 1.165) is 5.56 Å². The highest BCUT2D eigenvalue weighted by Gasteiger charge is 2.29. The summed E-state index contributed by atoms with van der Waals surface area (Å²) in [7, 11) is 0. The summed E-state index contributed by atoms with van der Waals surface area (Å²) in [6.07, 6.45) is 0.825. The zero-order valence-corrected chi connectivity index (χ0v) is 48.3. The number of carboxylic acids is 3. The maximum Gasteiger partial charge on any atom is 0.344 e. The van der Waals surface area contributed by atoms with Gasteiger partial charge in [0.05, 0.1) is 71.7 Å². The van der Waals surface area contributed by atoms with Crippen LogP contribution in [0.3, 0.4) is 0 Å². The highest BCUT2D eigenvalue weighted by molar-refractivity contribution is 5.93. The van der Waals surface area contributed by atoms with E-state index in [2.05, 4.69) is 36.9 Å². The number of rotatable bonds is 36. The number of guanidine groups is 1. The van der Waals surface area contributed by atoms with Gasteiger partial charge in [0.25, 0.3) is 0 Å². The van der Waals surface area contributed by atoms with E-state index in [9.17, 15) is 58.8 Å². The highest BCUT2D eigenvalue weighted by atomic mass is 16.6. The maximum absolute atomic E-state index is 14.4. The van der Waals surface area contributed by atoms with Gasteiger partial charge >= 0.3 is 23.9 Å². The molecule has 2 atom stereocenters. The Bertz CT molecular complexity index is 2530. The Morgan fingerprint density at radius 3 is 1.64 bits per heavy atom. The van der Waals surface area contributed by atoms with Crippen LogP contribution in [0.25, 0.3) is 0 Å². The normalized spacial score (nSPS) is 14.8. The molecule has 0 aromatic heterocycles. The van der Waals surface area contributed by atoms with Gasteiger partial charge < -0.3 is 77.0 Å². The number of aliphatic imine (C=N–C) groups is 1. The minimum atomic E-state index is -1.04. The molecule has 12 N–H and O–H groups in total. The number of phenols is 1. The van der Waals surface area contributed by atoms with Crippen molar-refractivity contribution >= 4 is 53.5 Å². The average Bonchev–Trinajstić information content (AvgIpc) is 3.50. The number of amides is 6. The van der Waals surface area contributed by atoms with E-state index < -0.39 is 47.7 Å². The summed E-state index contributed by atoms with van der Waals surface area (Å²) in [6.45, 7) is 5.94. The van der Waals surface area contributed by atoms with Crippen molar-refractivity contribution in [3.05, 3.63) is 95.6 Å². The van der Waals surface area contributed by atoms with Crippen LogP contribution in [0.15, 0.2) is 83.9 Å². The van der Waals surface area contributed by atoms with E-state index in [1.165, 1.54) is 12.1 Å². The fraction of sp³-hybridized carbons (Fsp3) is 0.526. The topological polar surface area (TPSA) is 378 Å². The van der Waals surface area contributed by atoms with E-state index >= 15 is 0 Å². The molecule has 3 aromatic rings. The molecule has 1 heterocycles. The first-order valence-electron chi connectivity index (χ1n) is 28.3. The van der Waals surface area contributed by atoms with E-state index in [-0.39, 0.29) is 161 Å². The Balaban J connectivity index is 1.20. The molecule has 0 saturated carbocycles. The Labute approximate surface area is 494 Å². The molecule has 0 bridgehead atoms. The number of nitrogens with two attached hydrogens (primary N) is 1. The standard InChI is InChI=1S/C57H84N12O16/c1-2-48(71)59-18-19-62-57(81)65-56(58)61-17-7-12-47(54(79)63-37-42-13-15-45(70)16-14-42)64-55(80)53(43-8-4-3-5-9-43)44-10-6-11-46(36-44)85-35-34-84-33-32-83-31-30-82-29-20-60-49(72)38-66-21-23-67(39-50(73)74)25-27-69(41-52(77)78)28-26-68(24-22-66)40-51(75)76/h3-6,8-11,13-16,36,47,53,70H,2,7,12,17-35,37-41H2,1H3,(H,59,71)(H,60,72)(H,63,79)(H,64,80)(H,73,74)(H,75,76)(H,77,78)(H4,58,61,62,65,81)/t47-,53?/m1/s1. The first-order chi connectivity index (χ1) is 41.0. The van der Waals surface area contributed by atoms with Gasteiger partial charge in [-0.1, -0.05) is 61.5 Å². The molecule has 3 aromatic carbocycles. The van der Waals surface area contributed by atoms with Crippen molar-refractivity contribution in [2.45, 2.75) is 44.7 Å². The lowest BCUT2D eigenvalue weighted by molar-refractivity contribution is -0.140. The lowest BCUT2D eigenvalue weighted by Gasteiger charge is -2.32. The summed E-state index contributed by atoms with van der Waals surface area (Å²) in [5.41, 5.74) is 7.94. The molecule has 6 amide bonds. The highest BCUT2D eigenvalue weighted by Crippen LogP contribution is 2.28. The quantitative estimate of drug-likeness (QED) is 0.0194. The van der Waals surface area contributed by atoms with Gasteiger partial charge in [-0.15, -0.1) is 0 Å². The zero-order chi connectivity index (χ0) is 61.6. The van der Waals surface area contributed by atoms with Crippen molar-refractivity contribution in [2.24, 2.45) is 10.7 Å². The Kier molecular flexibility index (Phi) is 33.0. The predicted molar refractivity (Wildman–Crippen MR) is 312 cm³/mol. The van der Waals surface area contributed by atoms with Crippen molar-refractivity contribution in [3.63, 3.8) is 0 Å². The predicted octanol–water partition coefficient (Wildman–Crippen LogP) is -0.734. The van der Waals surface area contributed by atoms with E-state index in [4.69, 9.17) is 24.7 Å². The molecule has 1 aliphatic heterocycles. The Morgan fingerprint density at radius 1 is 0.553 bits per heavy atom. The van der Waals surface area contributed by atoms with Crippen LogP contribution in [0.1, 0.15) is 48.8 Å². The van der Waals surface area contributed by atoms with Crippen LogP contribution in [0.2, 0.25) is 0 Å². The number of carbonyl (C=O) groups excluding carboxylic acids is 5. The number of hydrogen-bond acceptors (Lipinski definition) is 17. The van der Waals surface area contributed by atoms with Crippen molar-refractivity contribution in [1.29, 1.82) is 0 Å². The number of nitrogens with one attached hydrogen (secondary N) is 6. The molecule has 4 rings (SSSR count). The minimum Gasteiger partial charge on any atom is -0.508 e. The number of phenolic OH excluding ortho intramolecular Hbond substituents is 1. The smallest absolute Gasteiger partial charge is 0.344 e. The molecule has 0 radical (unpaired) electrons. The van der Waals surface area contributed by atoms with Gasteiger partial charge in [-0.05, 0) is 53.8 Å². The van der Waals surface area contributed by atoms with Gasteiger partial charge in [0.2, 0.25) is 23.6 Å². The third kappa shape index (κ3) is 30.4. The van der Waals surface area contributed by atoms with Crippen LogP contribution < -0.4 is 42.4 Å². The van der Waals surface area contributed by atoms with Crippen LogP contribution in [0.4, 0.5) is 4.79 Å². The fourth-order valence-electron chi connectivity index (χ4n) is 8.65. The molecule has 468 valence electrons. The lowest BCUT2D eigenvalue weighted by atomic mass is 9.90. The Morgan fingerprint density at radius 2 is 1.07 bits per heavy atom. The summed E-state index contributed by atoms with van der Waals surface area (Å²) in [4.78, 5) is 110. The third-order valence-electron chi connectivity index (χ3n) is 13.0. The number of urea groups is 1. The largest absolute Gasteiger partial charge is 0.508 e. The minimum absolute atomic E-state index is 0.0108. The second-order valence-electron chi connectivity index (χ2n) is 19.7. The lowest BCUT2D eigenvalue weighted by Crippen LogP contribution is -2.50. The number of aromatic hydroxyl groups is 1. The van der Waals surface area contributed by atoms with Crippen LogP contribution in [-0.2, 0) is 54.3 Å². The average molecular weight is 1190 g/mol. The summed E-state index contributed by atoms with van der Waals surface area (Å²) < 4.78 is 23.0. The van der Waals surface area contributed by atoms with Gasteiger partial charge in [-0.3, -0.25) is 53.2 Å². The van der Waals surface area contributed by atoms with Crippen molar-refractivity contribution < 1.29 is 77.7 Å². The number of aliphatic carboxylic acids is 3. The molecule has 28 nitrogen and oxygen atoms in total. The van der Waals surface area contributed by atoms with E-state index in [1.807, 2.05) is 35.2 Å². The number of ether oxygens (including phenoxy) is 4. The molecule has 0 spiro atoms. The summed E-state index contributed by atoms with van der Waals surface area (Å²) >= 11 is 0. The van der Waals surface area contributed by atoms with Crippen molar-refractivity contribution in [3.8, 4) is 11.5 Å². The van der Waals surface area contributed by atoms with E-state index in [0.29, 0.717) is 55.9 Å². The monoisotopic (exact) mass is 1190 g/mol. The molecule has 85 heavy (non-hydrogen) atoms. The Hall–Kier alpha value is -7.99. The van der Waals surface area contributed by atoms with Gasteiger partial charge in [-0.25, -0.2) is 4.79 Å². The number of hydrogen-bond donors (Lipinski definition) is 11. The molecular formula is C57H84N12O16. The molecule has 1 fully saturated rings. The number of nitrogens with zero attached hydrogens (tertiary/aromatic N) is 5. The number of carboxylic acid groups (broad SMARTS) is 3. The van der Waals surface area contributed by atoms with Gasteiger partial charge in [0, 0.05) is 91.5 Å². The molecule has 0 aliphatic carbocycles. The first kappa shape index (κ1) is 69.5. The van der Waals surface area contributed by atoms with Crippen molar-refractivity contribution in [2.75, 3.05) is 151 Å². The van der Waals surface area contributed by atoms with Crippen LogP contribution in [-0.4, -0.2) is 251 Å². The van der Waals surface area contributed by atoms with Crippen molar-refractivity contribution in [1.82, 2.24) is 51.5 Å². The van der Waals surface area contributed by atoms with E-state index in [1.54, 1.807) is 58.0 Å². The molecule has 1 aliphatic rings. The van der Waals surface area contributed by atoms with Gasteiger partial charge in [-0.2, -0.15) is 4.99 Å². The van der Waals surface area contributed by atoms with Crippen LogP contribution >= 0.6 is 0 Å². The molecule has 28 heteroatoms. The van der Waals surface area contributed by atoms with Gasteiger partial charge in [0.15, 0.2) is 5.96 Å². The molecule has 1 unspecified atom stereocenters. The third-order valence-corrected chi connectivity index (χ3v) is 13.0. The summed E-state index contributed by atoms with van der Waals surface area (Å²) in [5, 5.41) is 54.8. The zero-order valence-electron chi connectivity index (χ0n) is 48.3. The second-order valence-corrected chi connectivity index (χ2v) is 19.7. The van der Waals surface area contributed by atoms with Crippen LogP contribution in [0, 0.1) is 0 Å². The summed E-state index contributed by atoms with van der Waals surface area (Å²) in [5.74, 6) is -4.87. The maximum atomic E-state index is 14.4. The first-order valence-corrected chi connectivity index (χ1v) is 28.3. The van der Waals surface area contributed by atoms with Crippen LogP contribution in [0.5, 0.6) is 11.5 Å². The molecular weight excluding hydrogens is 1110 g/mol. The number of carbonyl (C=O) groups is 8. The second kappa shape index (κ2) is 40.3. The molecule has 1 saturated heterocycles. The SMILES string of the molecule is CCC(=O)NCCNC(=O)/N=C(/N)NCCC[C@@H](NC(=O)C(c1ccccc1)c1cccc(OCCOCCOCCOCCNC(=O)CN2CCN(CC(=O)O)CCN(CC(=O)O)CCN(CC(=O)O)CC2)c1)C(=O)NCc1ccc(O)cc1.